The number of rotatable bonds is 3. The van der Waals surface area contributed by atoms with Crippen molar-refractivity contribution in [2.45, 2.75) is 4.90 Å². The summed E-state index contributed by atoms with van der Waals surface area (Å²) in [5.41, 5.74) is 3.36. The lowest BCUT2D eigenvalue weighted by molar-refractivity contribution is 0.602. The number of aromatic nitrogens is 1. The molecule has 1 aromatic heterocycles. The van der Waals surface area contributed by atoms with Crippen LogP contribution in [0.25, 0.3) is 22.4 Å². The molecule has 0 fully saturated rings. The predicted octanol–water partition coefficient (Wildman–Crippen LogP) is 3.96. The first-order chi connectivity index (χ1) is 10.9. The van der Waals surface area contributed by atoms with Crippen LogP contribution in [0.15, 0.2) is 71.8 Å². The van der Waals surface area contributed by atoms with Gasteiger partial charge in [0.1, 0.15) is 5.82 Å². The van der Waals surface area contributed by atoms with Gasteiger partial charge in [0.25, 0.3) is 0 Å². The molecule has 0 aliphatic heterocycles. The second-order valence-corrected chi connectivity index (χ2v) is 7.25. The summed E-state index contributed by atoms with van der Waals surface area (Å²) >= 11 is 0. The van der Waals surface area contributed by atoms with Crippen molar-refractivity contribution in [2.24, 2.45) is 0 Å². The molecule has 3 nitrogen and oxygen atoms in total. The van der Waals surface area contributed by atoms with E-state index in [1.54, 1.807) is 42.6 Å². The van der Waals surface area contributed by atoms with Crippen LogP contribution in [-0.2, 0) is 9.84 Å². The van der Waals surface area contributed by atoms with Gasteiger partial charge < -0.3 is 0 Å². The Kier molecular flexibility index (Phi) is 3.96. The first-order valence-corrected chi connectivity index (χ1v) is 8.85. The Morgan fingerprint density at radius 3 is 1.87 bits per heavy atom. The lowest BCUT2D eigenvalue weighted by atomic mass is 10.1. The van der Waals surface area contributed by atoms with Gasteiger partial charge in [-0.1, -0.05) is 18.2 Å². The van der Waals surface area contributed by atoms with Crippen LogP contribution in [-0.4, -0.2) is 19.7 Å². The predicted molar refractivity (Wildman–Crippen MR) is 88.2 cm³/mol. The zero-order valence-corrected chi connectivity index (χ0v) is 13.2. The average Bonchev–Trinajstić information content (AvgIpc) is 2.55. The van der Waals surface area contributed by atoms with Gasteiger partial charge in [-0.15, -0.1) is 0 Å². The molecule has 3 rings (SSSR count). The molecule has 0 saturated heterocycles. The number of hydrogen-bond acceptors (Lipinski definition) is 3. The highest BCUT2D eigenvalue weighted by atomic mass is 32.2. The Bertz CT molecular complexity index is 916. The lowest BCUT2D eigenvalue weighted by Gasteiger charge is -2.05. The zero-order chi connectivity index (χ0) is 16.4. The van der Waals surface area contributed by atoms with Gasteiger partial charge in [0.05, 0.1) is 10.6 Å². The third-order valence-electron chi connectivity index (χ3n) is 3.52. The van der Waals surface area contributed by atoms with Crippen LogP contribution in [0.2, 0.25) is 0 Å². The Morgan fingerprint density at radius 1 is 0.783 bits per heavy atom. The molecule has 23 heavy (non-hydrogen) atoms. The van der Waals surface area contributed by atoms with E-state index in [1.165, 1.54) is 18.4 Å². The molecule has 0 unspecified atom stereocenters. The quantitative estimate of drug-likeness (QED) is 0.731. The van der Waals surface area contributed by atoms with E-state index in [1.807, 2.05) is 12.1 Å². The first kappa shape index (κ1) is 15.4. The molecule has 2 aromatic carbocycles. The third-order valence-corrected chi connectivity index (χ3v) is 4.65. The number of hydrogen-bond donors (Lipinski definition) is 0. The van der Waals surface area contributed by atoms with Gasteiger partial charge in [0.2, 0.25) is 0 Å². The molecule has 116 valence electrons. The Balaban J connectivity index is 1.89. The van der Waals surface area contributed by atoms with Crippen LogP contribution >= 0.6 is 0 Å². The summed E-state index contributed by atoms with van der Waals surface area (Å²) in [6.45, 7) is 0. The Hall–Kier alpha value is -2.53. The van der Waals surface area contributed by atoms with E-state index < -0.39 is 9.84 Å². The molecule has 0 radical (unpaired) electrons. The maximum absolute atomic E-state index is 12.9. The SMILES string of the molecule is CS(=O)(=O)c1ccc(-c2ccc(-c3ccc(F)cc3)nc2)cc1. The van der Waals surface area contributed by atoms with Crippen LogP contribution in [0.4, 0.5) is 4.39 Å². The summed E-state index contributed by atoms with van der Waals surface area (Å²) in [5, 5.41) is 0. The lowest BCUT2D eigenvalue weighted by Crippen LogP contribution is -1.96. The molecule has 0 N–H and O–H groups in total. The summed E-state index contributed by atoms with van der Waals surface area (Å²) in [5.74, 6) is -0.281. The highest BCUT2D eigenvalue weighted by molar-refractivity contribution is 7.90. The maximum Gasteiger partial charge on any atom is 0.175 e. The van der Waals surface area contributed by atoms with Gasteiger partial charge in [-0.05, 0) is 48.0 Å². The van der Waals surface area contributed by atoms with E-state index in [2.05, 4.69) is 4.98 Å². The average molecular weight is 327 g/mol. The van der Waals surface area contributed by atoms with Crippen LogP contribution < -0.4 is 0 Å². The molecule has 0 bridgehead atoms. The van der Waals surface area contributed by atoms with Crippen LogP contribution in [0.5, 0.6) is 0 Å². The maximum atomic E-state index is 12.9. The molecule has 5 heteroatoms. The minimum absolute atomic E-state index is 0.281. The fourth-order valence-electron chi connectivity index (χ4n) is 2.25. The number of halogens is 1. The first-order valence-electron chi connectivity index (χ1n) is 6.96. The molecule has 3 aromatic rings. The van der Waals surface area contributed by atoms with Crippen molar-refractivity contribution in [2.75, 3.05) is 6.26 Å². The normalized spacial score (nSPS) is 11.4. The minimum atomic E-state index is -3.19. The summed E-state index contributed by atoms with van der Waals surface area (Å²) in [6.07, 6.45) is 2.90. The summed E-state index contributed by atoms with van der Waals surface area (Å²) in [6, 6.07) is 16.6. The van der Waals surface area contributed by atoms with E-state index in [-0.39, 0.29) is 10.7 Å². The summed E-state index contributed by atoms with van der Waals surface area (Å²) in [4.78, 5) is 4.67. The molecular weight excluding hydrogens is 313 g/mol. The number of sulfone groups is 1. The van der Waals surface area contributed by atoms with Gasteiger partial charge in [0.15, 0.2) is 9.84 Å². The van der Waals surface area contributed by atoms with E-state index in [4.69, 9.17) is 0 Å². The molecule has 0 aliphatic rings. The van der Waals surface area contributed by atoms with Gasteiger partial charge in [-0.3, -0.25) is 4.98 Å². The summed E-state index contributed by atoms with van der Waals surface area (Å²) in [7, 11) is -3.19. The van der Waals surface area contributed by atoms with Gasteiger partial charge >= 0.3 is 0 Å². The third kappa shape index (κ3) is 3.46. The van der Waals surface area contributed by atoms with Crippen molar-refractivity contribution in [1.82, 2.24) is 4.98 Å². The van der Waals surface area contributed by atoms with Gasteiger partial charge in [-0.2, -0.15) is 0 Å². The van der Waals surface area contributed by atoms with E-state index >= 15 is 0 Å². The largest absolute Gasteiger partial charge is 0.256 e. The molecule has 0 atom stereocenters. The fraction of sp³-hybridized carbons (Fsp3) is 0.0556. The molecule has 0 saturated carbocycles. The van der Waals surface area contributed by atoms with Gasteiger partial charge in [0, 0.05) is 23.6 Å². The van der Waals surface area contributed by atoms with Crippen molar-refractivity contribution >= 4 is 9.84 Å². The standard InChI is InChI=1S/C18H14FNO2S/c1-23(21,22)17-9-4-13(5-10-17)15-6-11-18(20-12-15)14-2-7-16(19)8-3-14/h2-12H,1H3. The number of nitrogens with zero attached hydrogens (tertiary/aromatic N) is 1. The van der Waals surface area contributed by atoms with Crippen molar-refractivity contribution in [3.63, 3.8) is 0 Å². The molecule has 1 heterocycles. The minimum Gasteiger partial charge on any atom is -0.256 e. The number of pyridine rings is 1. The van der Waals surface area contributed by atoms with E-state index in [0.717, 1.165) is 22.4 Å². The summed E-state index contributed by atoms with van der Waals surface area (Å²) < 4.78 is 35.9. The monoisotopic (exact) mass is 327 g/mol. The topological polar surface area (TPSA) is 47.0 Å². The smallest absolute Gasteiger partial charge is 0.175 e. The van der Waals surface area contributed by atoms with Crippen LogP contribution in [0, 0.1) is 5.82 Å². The second kappa shape index (κ2) is 5.93. The van der Waals surface area contributed by atoms with Crippen LogP contribution in [0.3, 0.4) is 0 Å². The Morgan fingerprint density at radius 2 is 1.35 bits per heavy atom. The van der Waals surface area contributed by atoms with Crippen molar-refractivity contribution in [3.8, 4) is 22.4 Å². The highest BCUT2D eigenvalue weighted by Crippen LogP contribution is 2.24. The van der Waals surface area contributed by atoms with E-state index in [9.17, 15) is 12.8 Å². The zero-order valence-electron chi connectivity index (χ0n) is 12.4. The molecular formula is C18H14FNO2S. The van der Waals surface area contributed by atoms with Crippen molar-refractivity contribution in [1.29, 1.82) is 0 Å². The van der Waals surface area contributed by atoms with Crippen molar-refractivity contribution in [3.05, 3.63) is 72.7 Å². The molecule has 0 spiro atoms. The second-order valence-electron chi connectivity index (χ2n) is 5.24. The highest BCUT2D eigenvalue weighted by Gasteiger charge is 2.07. The number of benzene rings is 2. The van der Waals surface area contributed by atoms with Crippen LogP contribution in [0.1, 0.15) is 0 Å². The van der Waals surface area contributed by atoms with Gasteiger partial charge in [-0.25, -0.2) is 12.8 Å². The fourth-order valence-corrected chi connectivity index (χ4v) is 2.88. The molecule has 0 amide bonds. The Labute approximate surface area is 134 Å². The van der Waals surface area contributed by atoms with E-state index in [0.29, 0.717) is 0 Å². The molecule has 0 aliphatic carbocycles. The van der Waals surface area contributed by atoms with Crippen molar-refractivity contribution < 1.29 is 12.8 Å².